The van der Waals surface area contributed by atoms with Gasteiger partial charge in [-0.05, 0) is 42.6 Å². The zero-order valence-corrected chi connectivity index (χ0v) is 21.3. The summed E-state index contributed by atoms with van der Waals surface area (Å²) in [6, 6.07) is 6.96. The first-order valence-corrected chi connectivity index (χ1v) is 12.0. The van der Waals surface area contributed by atoms with E-state index in [1.165, 1.54) is 0 Å². The molecule has 8 nitrogen and oxygen atoms in total. The van der Waals surface area contributed by atoms with Crippen LogP contribution in [0.25, 0.3) is 0 Å². The number of aldehydes is 1. The van der Waals surface area contributed by atoms with Crippen LogP contribution < -0.4 is 16.0 Å². The first-order valence-electron chi connectivity index (χ1n) is 12.0. The van der Waals surface area contributed by atoms with Gasteiger partial charge in [0.05, 0.1) is 6.04 Å². The Hall–Kier alpha value is -2.90. The topological polar surface area (TPSA) is 114 Å². The third-order valence-electron chi connectivity index (χ3n) is 5.09. The number of nitrogens with one attached hydrogen (secondary N) is 3. The van der Waals surface area contributed by atoms with Crippen LogP contribution in [0.3, 0.4) is 0 Å². The van der Waals surface area contributed by atoms with Crippen LogP contribution in [0.5, 0.6) is 0 Å². The third-order valence-corrected chi connectivity index (χ3v) is 5.09. The van der Waals surface area contributed by atoms with Crippen molar-refractivity contribution in [1.82, 2.24) is 16.0 Å². The number of hydrogen-bond acceptors (Lipinski definition) is 5. The van der Waals surface area contributed by atoms with Crippen LogP contribution in [-0.4, -0.2) is 42.3 Å². The summed E-state index contributed by atoms with van der Waals surface area (Å²) >= 11 is 0. The number of hydrogen-bond donors (Lipinski definition) is 3. The monoisotopic (exact) mass is 475 g/mol. The zero-order valence-electron chi connectivity index (χ0n) is 21.3. The highest BCUT2D eigenvalue weighted by atomic mass is 16.5. The van der Waals surface area contributed by atoms with Crippen LogP contribution in [0, 0.1) is 17.8 Å². The van der Waals surface area contributed by atoms with Crippen molar-refractivity contribution in [2.24, 2.45) is 17.8 Å². The molecule has 0 saturated heterocycles. The lowest BCUT2D eigenvalue weighted by Crippen LogP contribution is -2.55. The van der Waals surface area contributed by atoms with E-state index in [1.54, 1.807) is 0 Å². The van der Waals surface area contributed by atoms with E-state index in [2.05, 4.69) is 16.0 Å². The van der Waals surface area contributed by atoms with Crippen LogP contribution in [0.1, 0.15) is 66.4 Å². The third kappa shape index (κ3) is 11.8. The lowest BCUT2D eigenvalue weighted by molar-refractivity contribution is -0.131. The molecule has 0 aliphatic heterocycles. The van der Waals surface area contributed by atoms with Gasteiger partial charge < -0.3 is 25.5 Å². The SMILES string of the molecule is CC(C)CC(NC(=O)[C@H](CC(C)C)NC(=O)OCc1ccccc1)C(=O)N[C@H](C=O)CC(C)C. The largest absolute Gasteiger partial charge is 0.445 e. The van der Waals surface area contributed by atoms with Crippen molar-refractivity contribution in [2.45, 2.75) is 85.5 Å². The molecule has 1 aromatic carbocycles. The van der Waals surface area contributed by atoms with Crippen molar-refractivity contribution in [1.29, 1.82) is 0 Å². The van der Waals surface area contributed by atoms with Gasteiger partial charge in [0.25, 0.3) is 0 Å². The first kappa shape index (κ1) is 29.1. The van der Waals surface area contributed by atoms with E-state index >= 15 is 0 Å². The molecule has 1 unspecified atom stereocenters. The maximum absolute atomic E-state index is 13.1. The van der Waals surface area contributed by atoms with Gasteiger partial charge in [-0.25, -0.2) is 4.79 Å². The molecule has 3 atom stereocenters. The Kier molecular flexibility index (Phi) is 12.9. The summed E-state index contributed by atoms with van der Waals surface area (Å²) in [5, 5.41) is 8.15. The van der Waals surface area contributed by atoms with Crippen molar-refractivity contribution < 1.29 is 23.9 Å². The highest BCUT2D eigenvalue weighted by Gasteiger charge is 2.29. The molecule has 0 radical (unpaired) electrons. The maximum Gasteiger partial charge on any atom is 0.408 e. The smallest absolute Gasteiger partial charge is 0.408 e. The molecule has 8 heteroatoms. The summed E-state index contributed by atoms with van der Waals surface area (Å²) in [7, 11) is 0. The second-order valence-electron chi connectivity index (χ2n) is 9.96. The molecule has 3 N–H and O–H groups in total. The highest BCUT2D eigenvalue weighted by Crippen LogP contribution is 2.11. The Bertz CT molecular complexity index is 780. The molecule has 0 spiro atoms. The van der Waals surface area contributed by atoms with Gasteiger partial charge in [0.1, 0.15) is 25.0 Å². The van der Waals surface area contributed by atoms with Crippen molar-refractivity contribution in [3.8, 4) is 0 Å². The normalized spacial score (nSPS) is 13.8. The summed E-state index contributed by atoms with van der Waals surface area (Å²) in [5.74, 6) is -0.390. The molecule has 0 bridgehead atoms. The van der Waals surface area contributed by atoms with E-state index in [9.17, 15) is 19.2 Å². The van der Waals surface area contributed by atoms with Gasteiger partial charge in [-0.1, -0.05) is 71.9 Å². The molecule has 0 aliphatic rings. The number of ether oxygens (including phenoxy) is 1. The standard InChI is InChI=1S/C26H41N3O5/c1-17(2)12-21(15-30)27-24(31)22(13-18(3)4)28-25(32)23(14-19(5)6)29-26(33)34-16-20-10-8-7-9-11-20/h7-11,15,17-19,21-23H,12-14,16H2,1-6H3,(H,27,31)(H,28,32)(H,29,33)/t21-,22?,23-/m0/s1. The van der Waals surface area contributed by atoms with Gasteiger partial charge in [-0.2, -0.15) is 0 Å². The molecule has 3 amide bonds. The Morgan fingerprint density at radius 1 is 0.765 bits per heavy atom. The average Bonchev–Trinajstić information content (AvgIpc) is 2.76. The van der Waals surface area contributed by atoms with Crippen molar-refractivity contribution in [2.75, 3.05) is 0 Å². The fraction of sp³-hybridized carbons (Fsp3) is 0.615. The predicted octanol–water partition coefficient (Wildman–Crippen LogP) is 3.59. The summed E-state index contributed by atoms with van der Waals surface area (Å²) in [6.45, 7) is 11.8. The van der Waals surface area contributed by atoms with Gasteiger partial charge in [-0.3, -0.25) is 9.59 Å². The predicted molar refractivity (Wildman–Crippen MR) is 132 cm³/mol. The van der Waals surface area contributed by atoms with E-state index in [1.807, 2.05) is 71.9 Å². The van der Waals surface area contributed by atoms with E-state index in [4.69, 9.17) is 4.74 Å². The zero-order chi connectivity index (χ0) is 25.7. The van der Waals surface area contributed by atoms with Crippen molar-refractivity contribution in [3.05, 3.63) is 35.9 Å². The summed E-state index contributed by atoms with van der Waals surface area (Å²) in [5.41, 5.74) is 0.835. The molecule has 1 aromatic rings. The van der Waals surface area contributed by atoms with Crippen LogP contribution in [0.4, 0.5) is 4.79 Å². The minimum absolute atomic E-state index is 0.0873. The number of amides is 3. The molecule has 190 valence electrons. The average molecular weight is 476 g/mol. The number of carbonyl (C=O) groups is 4. The lowest BCUT2D eigenvalue weighted by atomic mass is 9.99. The molecule has 0 aliphatic carbocycles. The molecule has 0 saturated carbocycles. The molecule has 0 heterocycles. The highest BCUT2D eigenvalue weighted by molar-refractivity contribution is 5.92. The van der Waals surface area contributed by atoms with Gasteiger partial charge in [-0.15, -0.1) is 0 Å². The van der Waals surface area contributed by atoms with E-state index in [0.717, 1.165) is 11.8 Å². The molecular weight excluding hydrogens is 434 g/mol. The van der Waals surface area contributed by atoms with Crippen LogP contribution in [0.2, 0.25) is 0 Å². The number of benzene rings is 1. The van der Waals surface area contributed by atoms with E-state index < -0.39 is 36.0 Å². The molecule has 0 aromatic heterocycles. The van der Waals surface area contributed by atoms with Crippen LogP contribution in [-0.2, 0) is 25.7 Å². The number of carbonyl (C=O) groups excluding carboxylic acids is 4. The quantitative estimate of drug-likeness (QED) is 0.356. The van der Waals surface area contributed by atoms with E-state index in [0.29, 0.717) is 19.3 Å². The second-order valence-corrected chi connectivity index (χ2v) is 9.96. The van der Waals surface area contributed by atoms with Gasteiger partial charge in [0.2, 0.25) is 11.8 Å². The Balaban J connectivity index is 2.84. The van der Waals surface area contributed by atoms with Crippen LogP contribution in [0.15, 0.2) is 30.3 Å². The van der Waals surface area contributed by atoms with Gasteiger partial charge in [0.15, 0.2) is 0 Å². The Labute approximate surface area is 203 Å². The summed E-state index contributed by atoms with van der Waals surface area (Å²) in [6.07, 6.45) is 1.32. The second kappa shape index (κ2) is 15.1. The Morgan fingerprint density at radius 3 is 1.76 bits per heavy atom. The molecular formula is C26H41N3O5. The lowest BCUT2D eigenvalue weighted by Gasteiger charge is -2.26. The maximum atomic E-state index is 13.1. The summed E-state index contributed by atoms with van der Waals surface area (Å²) < 4.78 is 5.26. The Morgan fingerprint density at radius 2 is 1.26 bits per heavy atom. The van der Waals surface area contributed by atoms with Crippen molar-refractivity contribution >= 4 is 24.2 Å². The fourth-order valence-corrected chi connectivity index (χ4v) is 3.52. The number of alkyl carbamates (subject to hydrolysis) is 1. The van der Waals surface area contributed by atoms with Crippen molar-refractivity contribution in [3.63, 3.8) is 0 Å². The minimum Gasteiger partial charge on any atom is -0.445 e. The fourth-order valence-electron chi connectivity index (χ4n) is 3.52. The number of rotatable bonds is 14. The van der Waals surface area contributed by atoms with Gasteiger partial charge in [0, 0.05) is 0 Å². The molecule has 0 fully saturated rings. The first-order chi connectivity index (χ1) is 16.0. The minimum atomic E-state index is -0.858. The summed E-state index contributed by atoms with van der Waals surface area (Å²) in [4.78, 5) is 49.7. The molecule has 34 heavy (non-hydrogen) atoms. The van der Waals surface area contributed by atoms with Crippen LogP contribution >= 0.6 is 0 Å². The molecule has 1 rings (SSSR count). The van der Waals surface area contributed by atoms with Gasteiger partial charge >= 0.3 is 6.09 Å². The van der Waals surface area contributed by atoms with E-state index in [-0.39, 0.29) is 24.4 Å².